The molecule has 0 spiro atoms. The molecule has 0 aliphatic heterocycles. The third kappa shape index (κ3) is 4.79. The first-order valence-corrected chi connectivity index (χ1v) is 9.27. The number of rotatable bonds is 6. The number of thiazole rings is 1. The standard InChI is InChI=1S/C17H13F4N5O3S/c1-2-29-12(27)7-10-8-30-16(22-10)23-15(28)13-14(17(19,20)21)26(25-24-13)11-5-3-4-9(18)6-11/h3-6,8H,2,7H2,1H3,(H,22,23,28). The highest BCUT2D eigenvalue weighted by molar-refractivity contribution is 7.14. The summed E-state index contributed by atoms with van der Waals surface area (Å²) < 4.78 is 59.4. The van der Waals surface area contributed by atoms with Crippen LogP contribution in [-0.2, 0) is 22.1 Å². The number of anilines is 1. The Labute approximate surface area is 170 Å². The average Bonchev–Trinajstić information content (AvgIpc) is 3.28. The Balaban J connectivity index is 1.86. The van der Waals surface area contributed by atoms with Gasteiger partial charge < -0.3 is 4.74 Å². The number of alkyl halides is 3. The largest absolute Gasteiger partial charge is 0.466 e. The number of hydrogen-bond acceptors (Lipinski definition) is 7. The van der Waals surface area contributed by atoms with Gasteiger partial charge >= 0.3 is 12.1 Å². The van der Waals surface area contributed by atoms with Gasteiger partial charge in [0.15, 0.2) is 16.5 Å². The second kappa shape index (κ2) is 8.57. The summed E-state index contributed by atoms with van der Waals surface area (Å²) in [4.78, 5) is 27.8. The molecule has 0 saturated carbocycles. The van der Waals surface area contributed by atoms with Crippen LogP contribution in [0.1, 0.15) is 28.8 Å². The molecule has 0 aliphatic rings. The molecule has 0 atom stereocenters. The number of amides is 1. The Morgan fingerprint density at radius 2 is 2.07 bits per heavy atom. The van der Waals surface area contributed by atoms with Gasteiger partial charge in [0.2, 0.25) is 0 Å². The molecule has 0 aliphatic carbocycles. The number of carbonyl (C=O) groups excluding carboxylic acids is 2. The normalized spacial score (nSPS) is 11.4. The van der Waals surface area contributed by atoms with E-state index >= 15 is 0 Å². The van der Waals surface area contributed by atoms with Gasteiger partial charge in [0.1, 0.15) is 5.82 Å². The van der Waals surface area contributed by atoms with Crippen LogP contribution in [0.3, 0.4) is 0 Å². The molecule has 3 rings (SSSR count). The second-order valence-electron chi connectivity index (χ2n) is 5.76. The summed E-state index contributed by atoms with van der Waals surface area (Å²) in [7, 11) is 0. The van der Waals surface area contributed by atoms with Crippen molar-refractivity contribution in [2.24, 2.45) is 0 Å². The molecule has 1 amide bonds. The smallest absolute Gasteiger partial charge is 0.435 e. The van der Waals surface area contributed by atoms with Crippen LogP contribution in [0.15, 0.2) is 29.6 Å². The average molecular weight is 443 g/mol. The van der Waals surface area contributed by atoms with Gasteiger partial charge in [-0.15, -0.1) is 16.4 Å². The summed E-state index contributed by atoms with van der Waals surface area (Å²) in [6, 6.07) is 4.27. The lowest BCUT2D eigenvalue weighted by atomic mass is 10.2. The maximum absolute atomic E-state index is 13.6. The first kappa shape index (κ1) is 21.4. The van der Waals surface area contributed by atoms with E-state index in [1.807, 2.05) is 0 Å². The molecule has 13 heteroatoms. The zero-order valence-corrected chi connectivity index (χ0v) is 16.1. The molecule has 1 aromatic carbocycles. The molecule has 0 unspecified atom stereocenters. The fourth-order valence-electron chi connectivity index (χ4n) is 2.44. The van der Waals surface area contributed by atoms with Crippen molar-refractivity contribution in [3.05, 3.63) is 52.5 Å². The van der Waals surface area contributed by atoms with Crippen molar-refractivity contribution in [3.63, 3.8) is 0 Å². The summed E-state index contributed by atoms with van der Waals surface area (Å²) in [6.45, 7) is 1.83. The molecule has 2 aromatic heterocycles. The van der Waals surface area contributed by atoms with Crippen molar-refractivity contribution in [1.29, 1.82) is 0 Å². The highest BCUT2D eigenvalue weighted by atomic mass is 32.1. The SMILES string of the molecule is CCOC(=O)Cc1csc(NC(=O)c2nnn(-c3cccc(F)c3)c2C(F)(F)F)n1. The van der Waals surface area contributed by atoms with Crippen molar-refractivity contribution in [1.82, 2.24) is 20.0 Å². The van der Waals surface area contributed by atoms with Crippen molar-refractivity contribution in [2.45, 2.75) is 19.5 Å². The highest BCUT2D eigenvalue weighted by Crippen LogP contribution is 2.33. The van der Waals surface area contributed by atoms with E-state index in [2.05, 4.69) is 20.6 Å². The fourth-order valence-corrected chi connectivity index (χ4v) is 3.14. The molecule has 8 nitrogen and oxygen atoms in total. The molecule has 30 heavy (non-hydrogen) atoms. The van der Waals surface area contributed by atoms with E-state index in [-0.39, 0.29) is 29.5 Å². The summed E-state index contributed by atoms with van der Waals surface area (Å²) in [5, 5.41) is 10.3. The van der Waals surface area contributed by atoms with E-state index in [9.17, 15) is 27.2 Å². The molecule has 158 valence electrons. The molecule has 0 radical (unpaired) electrons. The number of nitrogens with zero attached hydrogens (tertiary/aromatic N) is 4. The van der Waals surface area contributed by atoms with Crippen molar-refractivity contribution >= 4 is 28.3 Å². The summed E-state index contributed by atoms with van der Waals surface area (Å²) in [6.07, 6.45) is -5.15. The topological polar surface area (TPSA) is 99.0 Å². The van der Waals surface area contributed by atoms with Gasteiger partial charge in [-0.3, -0.25) is 14.9 Å². The third-order valence-electron chi connectivity index (χ3n) is 3.61. The maximum Gasteiger partial charge on any atom is 0.435 e. The second-order valence-corrected chi connectivity index (χ2v) is 6.61. The van der Waals surface area contributed by atoms with E-state index in [1.165, 1.54) is 17.5 Å². The lowest BCUT2D eigenvalue weighted by Gasteiger charge is -2.11. The van der Waals surface area contributed by atoms with Gasteiger partial charge in [-0.2, -0.15) is 13.2 Å². The Kier molecular flexibility index (Phi) is 6.10. The molecule has 2 heterocycles. The Morgan fingerprint density at radius 3 is 2.73 bits per heavy atom. The van der Waals surface area contributed by atoms with Gasteiger partial charge in [-0.1, -0.05) is 11.3 Å². The van der Waals surface area contributed by atoms with Crippen molar-refractivity contribution < 1.29 is 31.9 Å². The molecule has 0 fully saturated rings. The van der Waals surface area contributed by atoms with Gasteiger partial charge in [0, 0.05) is 5.38 Å². The van der Waals surface area contributed by atoms with Crippen LogP contribution in [0.4, 0.5) is 22.7 Å². The first-order valence-electron chi connectivity index (χ1n) is 8.39. The quantitative estimate of drug-likeness (QED) is 0.464. The molecule has 3 aromatic rings. The fraction of sp³-hybridized carbons (Fsp3) is 0.235. The van der Waals surface area contributed by atoms with E-state index in [1.54, 1.807) is 6.92 Å². The number of benzene rings is 1. The molecule has 0 saturated heterocycles. The van der Waals surface area contributed by atoms with Gasteiger partial charge in [0.05, 0.1) is 24.4 Å². The minimum absolute atomic E-state index is 0.0345. The zero-order chi connectivity index (χ0) is 21.9. The van der Waals surface area contributed by atoms with Crippen molar-refractivity contribution in [2.75, 3.05) is 11.9 Å². The van der Waals surface area contributed by atoms with Crippen LogP contribution in [0.5, 0.6) is 0 Å². The predicted octanol–water partition coefficient (Wildman–Crippen LogP) is 3.24. The number of esters is 1. The van der Waals surface area contributed by atoms with Crippen LogP contribution in [0, 0.1) is 5.82 Å². The summed E-state index contributed by atoms with van der Waals surface area (Å²) in [5.74, 6) is -2.51. The third-order valence-corrected chi connectivity index (χ3v) is 4.42. The Hall–Kier alpha value is -3.35. The number of hydrogen-bond donors (Lipinski definition) is 1. The molecular weight excluding hydrogens is 430 g/mol. The number of aromatic nitrogens is 4. The molecular formula is C17H13F4N5O3S. The monoisotopic (exact) mass is 443 g/mol. The maximum atomic E-state index is 13.6. The van der Waals surface area contributed by atoms with E-state index in [4.69, 9.17) is 4.74 Å². The lowest BCUT2D eigenvalue weighted by molar-refractivity contribution is -0.143. The lowest BCUT2D eigenvalue weighted by Crippen LogP contribution is -2.21. The van der Waals surface area contributed by atoms with Crippen LogP contribution >= 0.6 is 11.3 Å². The van der Waals surface area contributed by atoms with E-state index in [0.29, 0.717) is 4.68 Å². The van der Waals surface area contributed by atoms with Crippen LogP contribution < -0.4 is 5.32 Å². The Bertz CT molecular complexity index is 1080. The van der Waals surface area contributed by atoms with Crippen molar-refractivity contribution in [3.8, 4) is 5.69 Å². The molecule has 1 N–H and O–H groups in total. The van der Waals surface area contributed by atoms with Crippen LogP contribution in [0.25, 0.3) is 5.69 Å². The van der Waals surface area contributed by atoms with Gasteiger partial charge in [0.25, 0.3) is 5.91 Å². The van der Waals surface area contributed by atoms with Crippen LogP contribution in [-0.4, -0.2) is 38.5 Å². The number of carbonyl (C=O) groups is 2. The first-order chi connectivity index (χ1) is 14.2. The number of nitrogens with one attached hydrogen (secondary N) is 1. The van der Waals surface area contributed by atoms with E-state index in [0.717, 1.165) is 23.5 Å². The summed E-state index contributed by atoms with van der Waals surface area (Å²) in [5.41, 5.74) is -2.43. The predicted molar refractivity (Wildman–Crippen MR) is 96.7 cm³/mol. The van der Waals surface area contributed by atoms with E-state index < -0.39 is 35.3 Å². The van der Waals surface area contributed by atoms with Crippen LogP contribution in [0.2, 0.25) is 0 Å². The number of ether oxygens (including phenoxy) is 1. The zero-order valence-electron chi connectivity index (χ0n) is 15.2. The Morgan fingerprint density at radius 1 is 1.30 bits per heavy atom. The number of halogens is 4. The van der Waals surface area contributed by atoms with Gasteiger partial charge in [-0.05, 0) is 25.1 Å². The summed E-state index contributed by atoms with van der Waals surface area (Å²) >= 11 is 0.914. The molecule has 0 bridgehead atoms. The minimum Gasteiger partial charge on any atom is -0.466 e. The van der Waals surface area contributed by atoms with Gasteiger partial charge in [-0.25, -0.2) is 14.1 Å². The highest BCUT2D eigenvalue weighted by Gasteiger charge is 2.42. The minimum atomic E-state index is -5.00.